The molecule has 0 spiro atoms. The molecule has 1 aromatic heterocycles. The van der Waals surface area contributed by atoms with Crippen molar-refractivity contribution < 1.29 is 27.5 Å². The van der Waals surface area contributed by atoms with Crippen LogP contribution in [-0.2, 0) is 19.6 Å². The highest BCUT2D eigenvalue weighted by Gasteiger charge is 2.21. The molecule has 3 aromatic rings. The van der Waals surface area contributed by atoms with E-state index in [9.17, 15) is 18.0 Å². The Morgan fingerprint density at radius 1 is 0.971 bits per heavy atom. The van der Waals surface area contributed by atoms with Gasteiger partial charge in [-0.1, -0.05) is 26.0 Å². The Balaban J connectivity index is 1.59. The number of benzene rings is 2. The molecule has 1 amide bonds. The Morgan fingerprint density at radius 3 is 2.32 bits per heavy atom. The molecule has 0 unspecified atom stereocenters. The van der Waals surface area contributed by atoms with E-state index < -0.39 is 28.5 Å². The van der Waals surface area contributed by atoms with Crippen molar-refractivity contribution >= 4 is 27.6 Å². The van der Waals surface area contributed by atoms with Crippen molar-refractivity contribution in [2.24, 2.45) is 0 Å². The highest BCUT2D eigenvalue weighted by Crippen LogP contribution is 2.25. The number of sulfonamides is 1. The molecule has 0 saturated heterocycles. The number of aromatic nitrogens is 1. The van der Waals surface area contributed by atoms with Gasteiger partial charge in [-0.15, -0.1) is 0 Å². The monoisotopic (exact) mass is 483 g/mol. The standard InChI is InChI=1S/C24H25N3O6S/c1-3-27(4-2)34(30,31)20-13-11-18(12-14-20)26-23(28)17-32-24(29)21-9-5-6-10-22(21)33-19-8-7-15-25-16-19/h5-16H,3-4,17H2,1-2H3,(H,26,28). The van der Waals surface area contributed by atoms with E-state index in [0.29, 0.717) is 24.5 Å². The van der Waals surface area contributed by atoms with Crippen molar-refractivity contribution in [3.63, 3.8) is 0 Å². The summed E-state index contributed by atoms with van der Waals surface area (Å²) >= 11 is 0. The van der Waals surface area contributed by atoms with Crippen molar-refractivity contribution in [2.45, 2.75) is 18.7 Å². The van der Waals surface area contributed by atoms with E-state index in [1.807, 2.05) is 0 Å². The molecule has 1 heterocycles. The van der Waals surface area contributed by atoms with Crippen LogP contribution in [0.2, 0.25) is 0 Å². The van der Waals surface area contributed by atoms with Gasteiger partial charge in [0.05, 0.1) is 11.1 Å². The zero-order valence-electron chi connectivity index (χ0n) is 18.8. The van der Waals surface area contributed by atoms with E-state index in [4.69, 9.17) is 9.47 Å². The predicted molar refractivity (Wildman–Crippen MR) is 126 cm³/mol. The smallest absolute Gasteiger partial charge is 0.342 e. The van der Waals surface area contributed by atoms with Crippen LogP contribution in [0.3, 0.4) is 0 Å². The number of carbonyl (C=O) groups excluding carboxylic acids is 2. The molecule has 0 bridgehead atoms. The van der Waals surface area contributed by atoms with Gasteiger partial charge in [-0.3, -0.25) is 9.78 Å². The summed E-state index contributed by atoms with van der Waals surface area (Å²) in [7, 11) is -3.59. The van der Waals surface area contributed by atoms with Gasteiger partial charge in [0.15, 0.2) is 6.61 Å². The van der Waals surface area contributed by atoms with Gasteiger partial charge < -0.3 is 14.8 Å². The molecule has 34 heavy (non-hydrogen) atoms. The van der Waals surface area contributed by atoms with Gasteiger partial charge in [-0.2, -0.15) is 4.31 Å². The van der Waals surface area contributed by atoms with Crippen LogP contribution in [0.1, 0.15) is 24.2 Å². The lowest BCUT2D eigenvalue weighted by molar-refractivity contribution is -0.119. The van der Waals surface area contributed by atoms with Crippen molar-refractivity contribution in [1.82, 2.24) is 9.29 Å². The SMILES string of the molecule is CCN(CC)S(=O)(=O)c1ccc(NC(=O)COC(=O)c2ccccc2Oc2cccnc2)cc1. The largest absolute Gasteiger partial charge is 0.455 e. The van der Waals surface area contributed by atoms with E-state index in [1.54, 1.807) is 50.4 Å². The maximum atomic E-state index is 12.6. The summed E-state index contributed by atoms with van der Waals surface area (Å²) in [5, 5.41) is 2.57. The van der Waals surface area contributed by atoms with E-state index in [-0.39, 0.29) is 16.2 Å². The maximum Gasteiger partial charge on any atom is 0.342 e. The maximum absolute atomic E-state index is 12.6. The number of hydrogen-bond donors (Lipinski definition) is 1. The molecular weight excluding hydrogens is 458 g/mol. The Kier molecular flexibility index (Phi) is 8.34. The van der Waals surface area contributed by atoms with Crippen molar-refractivity contribution in [1.29, 1.82) is 0 Å². The summed E-state index contributed by atoms with van der Waals surface area (Å²) in [4.78, 5) is 28.9. The summed E-state index contributed by atoms with van der Waals surface area (Å²) in [6, 6.07) is 15.7. The molecule has 9 nitrogen and oxygen atoms in total. The third-order valence-corrected chi connectivity index (χ3v) is 6.85. The summed E-state index contributed by atoms with van der Waals surface area (Å²) in [6.07, 6.45) is 3.11. The lowest BCUT2D eigenvalue weighted by atomic mass is 10.2. The minimum Gasteiger partial charge on any atom is -0.455 e. The number of nitrogens with one attached hydrogen (secondary N) is 1. The van der Waals surface area contributed by atoms with E-state index in [2.05, 4.69) is 10.3 Å². The normalized spacial score (nSPS) is 11.1. The molecule has 0 aliphatic carbocycles. The first-order chi connectivity index (χ1) is 16.3. The zero-order chi connectivity index (χ0) is 24.6. The first-order valence-electron chi connectivity index (χ1n) is 10.6. The van der Waals surface area contributed by atoms with Crippen LogP contribution >= 0.6 is 0 Å². The first-order valence-corrected chi connectivity index (χ1v) is 12.0. The summed E-state index contributed by atoms with van der Waals surface area (Å²) in [5.41, 5.74) is 0.532. The Morgan fingerprint density at radius 2 is 1.68 bits per heavy atom. The number of pyridine rings is 1. The lowest BCUT2D eigenvalue weighted by Gasteiger charge is -2.18. The van der Waals surface area contributed by atoms with E-state index >= 15 is 0 Å². The molecule has 1 N–H and O–H groups in total. The molecule has 10 heteroatoms. The fraction of sp³-hybridized carbons (Fsp3) is 0.208. The minimum absolute atomic E-state index is 0.130. The van der Waals surface area contributed by atoms with Gasteiger partial charge in [0.2, 0.25) is 10.0 Å². The summed E-state index contributed by atoms with van der Waals surface area (Å²) in [6.45, 7) is 3.72. The van der Waals surface area contributed by atoms with Gasteiger partial charge in [0.1, 0.15) is 17.1 Å². The fourth-order valence-corrected chi connectivity index (χ4v) is 4.55. The summed E-state index contributed by atoms with van der Waals surface area (Å²) in [5.74, 6) is -0.577. The van der Waals surface area contributed by atoms with Crippen LogP contribution in [0.25, 0.3) is 0 Å². The number of para-hydroxylation sites is 1. The van der Waals surface area contributed by atoms with Gasteiger partial charge in [-0.05, 0) is 48.5 Å². The lowest BCUT2D eigenvalue weighted by Crippen LogP contribution is -2.30. The second-order valence-corrected chi connectivity index (χ2v) is 8.96. The molecule has 2 aromatic carbocycles. The van der Waals surface area contributed by atoms with Crippen molar-refractivity contribution in [2.75, 3.05) is 25.0 Å². The predicted octanol–water partition coefficient (Wildman–Crippen LogP) is 3.70. The third kappa shape index (κ3) is 6.18. The molecule has 0 aliphatic rings. The summed E-state index contributed by atoms with van der Waals surface area (Å²) < 4.78 is 37.3. The number of anilines is 1. The molecular formula is C24H25N3O6S. The van der Waals surface area contributed by atoms with Gasteiger partial charge in [-0.25, -0.2) is 13.2 Å². The quantitative estimate of drug-likeness (QED) is 0.437. The van der Waals surface area contributed by atoms with Gasteiger partial charge in [0.25, 0.3) is 5.91 Å². The van der Waals surface area contributed by atoms with Crippen LogP contribution in [0, 0.1) is 0 Å². The highest BCUT2D eigenvalue weighted by atomic mass is 32.2. The van der Waals surface area contributed by atoms with Crippen LogP contribution in [0.4, 0.5) is 5.69 Å². The average molecular weight is 484 g/mol. The number of nitrogens with zero attached hydrogens (tertiary/aromatic N) is 2. The van der Waals surface area contributed by atoms with E-state index in [0.717, 1.165) is 0 Å². The number of ether oxygens (including phenoxy) is 2. The topological polar surface area (TPSA) is 115 Å². The second-order valence-electron chi connectivity index (χ2n) is 7.02. The van der Waals surface area contributed by atoms with Crippen LogP contribution in [0.15, 0.2) is 78.0 Å². The Labute approximate surface area is 198 Å². The highest BCUT2D eigenvalue weighted by molar-refractivity contribution is 7.89. The number of carbonyl (C=O) groups is 2. The van der Waals surface area contributed by atoms with Crippen LogP contribution < -0.4 is 10.1 Å². The van der Waals surface area contributed by atoms with Crippen LogP contribution in [-0.4, -0.2) is 49.3 Å². The van der Waals surface area contributed by atoms with E-state index in [1.165, 1.54) is 40.8 Å². The van der Waals surface area contributed by atoms with Crippen molar-refractivity contribution in [3.8, 4) is 11.5 Å². The molecule has 0 atom stereocenters. The number of esters is 1. The van der Waals surface area contributed by atoms with Crippen molar-refractivity contribution in [3.05, 3.63) is 78.6 Å². The van der Waals surface area contributed by atoms with Gasteiger partial charge in [0, 0.05) is 25.0 Å². The first kappa shape index (κ1) is 24.9. The molecule has 178 valence electrons. The third-order valence-electron chi connectivity index (χ3n) is 4.78. The Hall–Kier alpha value is -3.76. The second kappa shape index (κ2) is 11.4. The zero-order valence-corrected chi connectivity index (χ0v) is 19.6. The van der Waals surface area contributed by atoms with Gasteiger partial charge >= 0.3 is 5.97 Å². The number of rotatable bonds is 10. The fourth-order valence-electron chi connectivity index (χ4n) is 3.09. The minimum atomic E-state index is -3.59. The van der Waals surface area contributed by atoms with Crippen LogP contribution in [0.5, 0.6) is 11.5 Å². The molecule has 0 saturated carbocycles. The molecule has 3 rings (SSSR count). The molecule has 0 fully saturated rings. The average Bonchev–Trinajstić information content (AvgIpc) is 2.84. The number of hydrogen-bond acceptors (Lipinski definition) is 7. The Bertz CT molecular complexity index is 1230. The molecule has 0 radical (unpaired) electrons. The molecule has 0 aliphatic heterocycles. The number of amides is 1.